The summed E-state index contributed by atoms with van der Waals surface area (Å²) in [5.74, 6) is 1.73. The Balaban J connectivity index is 2.14. The number of aromatic nitrogens is 2. The number of guanidine groups is 1. The normalized spacial score (nSPS) is 13.1. The number of aliphatic imine (C=N–C) groups is 1. The van der Waals surface area contributed by atoms with Gasteiger partial charge >= 0.3 is 0 Å². The Bertz CT molecular complexity index is 708. The van der Waals surface area contributed by atoms with E-state index in [2.05, 4.69) is 53.7 Å². The van der Waals surface area contributed by atoms with Gasteiger partial charge < -0.3 is 14.8 Å². The average Bonchev–Trinajstić information content (AvgIpc) is 2.92. The van der Waals surface area contributed by atoms with E-state index in [1.54, 1.807) is 0 Å². The summed E-state index contributed by atoms with van der Waals surface area (Å²) in [6.45, 7) is 8.85. The van der Waals surface area contributed by atoms with Crippen molar-refractivity contribution in [2.45, 2.75) is 33.2 Å². The van der Waals surface area contributed by atoms with Crippen LogP contribution < -0.4 is 5.32 Å². The lowest BCUT2D eigenvalue weighted by Crippen LogP contribution is -2.39. The quantitative estimate of drug-likeness (QED) is 0.589. The second kappa shape index (κ2) is 9.62. The van der Waals surface area contributed by atoms with Crippen LogP contribution in [0.1, 0.15) is 37.9 Å². The van der Waals surface area contributed by atoms with Gasteiger partial charge in [-0.2, -0.15) is 0 Å². The maximum Gasteiger partial charge on any atom is 0.194 e. The number of rotatable bonds is 7. The molecule has 0 saturated carbocycles. The van der Waals surface area contributed by atoms with Gasteiger partial charge in [-0.3, -0.25) is 9.98 Å². The molecule has 2 heterocycles. The van der Waals surface area contributed by atoms with Crippen molar-refractivity contribution in [3.05, 3.63) is 53.1 Å². The first-order chi connectivity index (χ1) is 12.4. The minimum Gasteiger partial charge on any atom is -0.357 e. The molecule has 5 nitrogen and oxygen atoms in total. The molecule has 6 heteroatoms. The van der Waals surface area contributed by atoms with E-state index in [9.17, 15) is 0 Å². The van der Waals surface area contributed by atoms with Gasteiger partial charge in [0.05, 0.1) is 11.6 Å². The predicted molar refractivity (Wildman–Crippen MR) is 110 cm³/mol. The fourth-order valence-electron chi connectivity index (χ4n) is 2.99. The molecule has 142 valence electrons. The fraction of sp³-hybridized carbons (Fsp3) is 0.500. The molecule has 2 aromatic heterocycles. The van der Waals surface area contributed by atoms with Crippen LogP contribution in [0.4, 0.5) is 0 Å². The molecule has 0 aliphatic carbocycles. The molecule has 0 fully saturated rings. The fourth-order valence-corrected chi connectivity index (χ4v) is 3.26. The SMILES string of the molecule is CCNC(=NCC(c1cccnc1)C(C)C)N(C)Cc1cc(Cl)cn1C. The van der Waals surface area contributed by atoms with Gasteiger partial charge in [-0.15, -0.1) is 0 Å². The molecular weight excluding hydrogens is 346 g/mol. The van der Waals surface area contributed by atoms with Gasteiger partial charge in [0.25, 0.3) is 0 Å². The van der Waals surface area contributed by atoms with Gasteiger partial charge in [-0.1, -0.05) is 31.5 Å². The van der Waals surface area contributed by atoms with E-state index in [0.717, 1.165) is 36.3 Å². The third kappa shape index (κ3) is 5.49. The Kier molecular flexibility index (Phi) is 7.51. The predicted octanol–water partition coefficient (Wildman–Crippen LogP) is 3.91. The number of nitrogens with one attached hydrogen (secondary N) is 1. The van der Waals surface area contributed by atoms with Gasteiger partial charge in [0.15, 0.2) is 5.96 Å². The Hall–Kier alpha value is -2.01. The summed E-state index contributed by atoms with van der Waals surface area (Å²) in [7, 11) is 4.06. The van der Waals surface area contributed by atoms with E-state index in [0.29, 0.717) is 11.8 Å². The maximum atomic E-state index is 6.10. The second-order valence-corrected chi connectivity index (χ2v) is 7.38. The zero-order valence-corrected chi connectivity index (χ0v) is 17.2. The molecule has 0 saturated heterocycles. The van der Waals surface area contributed by atoms with Crippen molar-refractivity contribution in [2.24, 2.45) is 18.0 Å². The van der Waals surface area contributed by atoms with Crippen LogP contribution in [0, 0.1) is 5.92 Å². The second-order valence-electron chi connectivity index (χ2n) is 6.95. The molecule has 0 aromatic carbocycles. The van der Waals surface area contributed by atoms with Crippen molar-refractivity contribution in [3.8, 4) is 0 Å². The average molecular weight is 376 g/mol. The molecule has 1 atom stereocenters. The van der Waals surface area contributed by atoms with Gasteiger partial charge in [0.2, 0.25) is 0 Å². The lowest BCUT2D eigenvalue weighted by atomic mass is 9.89. The zero-order valence-electron chi connectivity index (χ0n) is 16.4. The highest BCUT2D eigenvalue weighted by molar-refractivity contribution is 6.30. The molecule has 0 radical (unpaired) electrons. The number of hydrogen-bond donors (Lipinski definition) is 1. The van der Waals surface area contributed by atoms with Crippen LogP contribution in [-0.4, -0.2) is 40.5 Å². The number of halogens is 1. The number of hydrogen-bond acceptors (Lipinski definition) is 2. The smallest absolute Gasteiger partial charge is 0.194 e. The molecule has 0 aliphatic heterocycles. The molecule has 2 rings (SSSR count). The van der Waals surface area contributed by atoms with Crippen molar-refractivity contribution in [1.29, 1.82) is 0 Å². The first-order valence-electron chi connectivity index (χ1n) is 9.12. The molecule has 1 N–H and O–H groups in total. The van der Waals surface area contributed by atoms with Crippen LogP contribution in [0.3, 0.4) is 0 Å². The molecule has 1 unspecified atom stereocenters. The first kappa shape index (κ1) is 20.3. The van der Waals surface area contributed by atoms with E-state index in [4.69, 9.17) is 16.6 Å². The van der Waals surface area contributed by atoms with Crippen LogP contribution in [0.2, 0.25) is 5.02 Å². The molecule has 0 aliphatic rings. The Morgan fingerprint density at radius 2 is 2.19 bits per heavy atom. The molecule has 2 aromatic rings. The first-order valence-corrected chi connectivity index (χ1v) is 9.50. The van der Waals surface area contributed by atoms with E-state index in [-0.39, 0.29) is 0 Å². The van der Waals surface area contributed by atoms with Crippen molar-refractivity contribution < 1.29 is 0 Å². The number of nitrogens with zero attached hydrogens (tertiary/aromatic N) is 4. The van der Waals surface area contributed by atoms with Gasteiger partial charge in [0.1, 0.15) is 0 Å². The molecule has 0 bridgehead atoms. The van der Waals surface area contributed by atoms with Crippen molar-refractivity contribution >= 4 is 17.6 Å². The lowest BCUT2D eigenvalue weighted by molar-refractivity contribution is 0.453. The molecule has 26 heavy (non-hydrogen) atoms. The summed E-state index contributed by atoms with van der Waals surface area (Å²) >= 11 is 6.10. The summed E-state index contributed by atoms with van der Waals surface area (Å²) < 4.78 is 2.05. The standard InChI is InChI=1S/C20H30ClN5/c1-6-23-20(26(5)14-18-10-17(21)13-25(18)4)24-12-19(15(2)3)16-8-7-9-22-11-16/h7-11,13,15,19H,6,12,14H2,1-5H3,(H,23,24). The summed E-state index contributed by atoms with van der Waals surface area (Å²) in [4.78, 5) is 11.3. The van der Waals surface area contributed by atoms with Crippen LogP contribution in [0.5, 0.6) is 0 Å². The van der Waals surface area contributed by atoms with Crippen LogP contribution in [0.15, 0.2) is 41.8 Å². The number of pyridine rings is 1. The van der Waals surface area contributed by atoms with Crippen LogP contribution in [0.25, 0.3) is 0 Å². The van der Waals surface area contributed by atoms with E-state index in [1.165, 1.54) is 5.56 Å². The largest absolute Gasteiger partial charge is 0.357 e. The van der Waals surface area contributed by atoms with E-state index >= 15 is 0 Å². The highest BCUT2D eigenvalue weighted by Gasteiger charge is 2.17. The molecule has 0 amide bonds. The maximum absolute atomic E-state index is 6.10. The van der Waals surface area contributed by atoms with E-state index in [1.807, 2.05) is 37.8 Å². The van der Waals surface area contributed by atoms with Gasteiger partial charge in [0, 0.05) is 57.4 Å². The lowest BCUT2D eigenvalue weighted by Gasteiger charge is -2.24. The summed E-state index contributed by atoms with van der Waals surface area (Å²) in [5, 5.41) is 4.15. The highest BCUT2D eigenvalue weighted by Crippen LogP contribution is 2.24. The van der Waals surface area contributed by atoms with E-state index < -0.39 is 0 Å². The van der Waals surface area contributed by atoms with Crippen molar-refractivity contribution in [1.82, 2.24) is 19.8 Å². The van der Waals surface area contributed by atoms with Gasteiger partial charge in [-0.05, 0) is 30.5 Å². The minimum atomic E-state index is 0.343. The monoisotopic (exact) mass is 375 g/mol. The third-order valence-corrected chi connectivity index (χ3v) is 4.73. The Labute approximate surface area is 162 Å². The molecular formula is C20H30ClN5. The Morgan fingerprint density at radius 1 is 1.42 bits per heavy atom. The molecule has 0 spiro atoms. The highest BCUT2D eigenvalue weighted by atomic mass is 35.5. The van der Waals surface area contributed by atoms with Crippen molar-refractivity contribution in [2.75, 3.05) is 20.1 Å². The van der Waals surface area contributed by atoms with Crippen molar-refractivity contribution in [3.63, 3.8) is 0 Å². The summed E-state index contributed by atoms with van der Waals surface area (Å²) in [5.41, 5.74) is 2.38. The Morgan fingerprint density at radius 3 is 2.73 bits per heavy atom. The van der Waals surface area contributed by atoms with Gasteiger partial charge in [-0.25, -0.2) is 0 Å². The summed E-state index contributed by atoms with van der Waals surface area (Å²) in [6.07, 6.45) is 5.68. The topological polar surface area (TPSA) is 45.5 Å². The third-order valence-electron chi connectivity index (χ3n) is 4.53. The minimum absolute atomic E-state index is 0.343. The summed E-state index contributed by atoms with van der Waals surface area (Å²) in [6, 6.07) is 6.12. The van der Waals surface area contributed by atoms with Crippen LogP contribution in [-0.2, 0) is 13.6 Å². The zero-order chi connectivity index (χ0) is 19.1. The van der Waals surface area contributed by atoms with Crippen LogP contribution >= 0.6 is 11.6 Å². The number of aryl methyl sites for hydroxylation is 1.